The minimum absolute atomic E-state index is 0.268. The molecule has 2 saturated heterocycles. The van der Waals surface area contributed by atoms with Gasteiger partial charge in [-0.2, -0.15) is 0 Å². The van der Waals surface area contributed by atoms with Crippen LogP contribution in [0.5, 0.6) is 0 Å². The molecular weight excluding hydrogens is 453 g/mol. The molecule has 152 valence electrons. The average molecular weight is 471 g/mol. The fourth-order valence-electron chi connectivity index (χ4n) is 3.48. The van der Waals surface area contributed by atoms with E-state index in [4.69, 9.17) is 24.4 Å². The highest BCUT2D eigenvalue weighted by Crippen LogP contribution is 2.45. The smallest absolute Gasteiger partial charge is 0.268 e. The zero-order chi connectivity index (χ0) is 21.4. The quantitative estimate of drug-likeness (QED) is 0.437. The van der Waals surface area contributed by atoms with Crippen LogP contribution in [0.1, 0.15) is 25.0 Å². The summed E-state index contributed by atoms with van der Waals surface area (Å²) in [5, 5.41) is 0. The molecule has 8 heteroatoms. The largest absolute Gasteiger partial charge is 0.272 e. The lowest BCUT2D eigenvalue weighted by molar-refractivity contribution is -0.115. The highest BCUT2D eigenvalue weighted by Gasteiger charge is 2.43. The van der Waals surface area contributed by atoms with E-state index in [-0.39, 0.29) is 11.8 Å². The summed E-state index contributed by atoms with van der Waals surface area (Å²) < 4.78 is 0.852. The summed E-state index contributed by atoms with van der Waals surface area (Å²) >= 11 is 13.4. The molecule has 0 aromatic heterocycles. The van der Waals surface area contributed by atoms with Gasteiger partial charge in [0.1, 0.15) is 0 Å². The summed E-state index contributed by atoms with van der Waals surface area (Å²) in [5.41, 5.74) is 3.59. The SMILES string of the molecule is CCc1ccccc1N1C(=O)/C(=C2\SC(=S)N(c3ccccc3CC)C2=O)SC1=S. The molecule has 0 spiro atoms. The lowest BCUT2D eigenvalue weighted by atomic mass is 10.1. The molecule has 0 bridgehead atoms. The Labute approximate surface area is 194 Å². The standard InChI is InChI=1S/C22H18N2O2S4/c1-3-13-9-5-7-11-15(13)23-19(25)17(29-21(23)27)18-20(26)24(22(28)30-18)16-12-8-6-10-14(16)4-2/h5-12H,3-4H2,1-2H3/b18-17+. The van der Waals surface area contributed by atoms with E-state index in [0.29, 0.717) is 18.5 Å². The summed E-state index contributed by atoms with van der Waals surface area (Å²) in [4.78, 5) is 30.4. The van der Waals surface area contributed by atoms with E-state index in [1.54, 1.807) is 0 Å². The molecule has 2 heterocycles. The van der Waals surface area contributed by atoms with Crippen LogP contribution in [0, 0.1) is 0 Å². The number of benzene rings is 2. The molecule has 2 aromatic carbocycles. The summed E-state index contributed by atoms with van der Waals surface area (Å²) in [6, 6.07) is 15.4. The first kappa shape index (κ1) is 21.2. The predicted molar refractivity (Wildman–Crippen MR) is 134 cm³/mol. The second kappa shape index (κ2) is 8.63. The number of hydrogen-bond donors (Lipinski definition) is 0. The van der Waals surface area contributed by atoms with Crippen molar-refractivity contribution in [2.75, 3.05) is 9.80 Å². The third kappa shape index (κ3) is 3.51. The van der Waals surface area contributed by atoms with Crippen molar-refractivity contribution < 1.29 is 9.59 Å². The van der Waals surface area contributed by atoms with E-state index in [2.05, 4.69) is 0 Å². The van der Waals surface area contributed by atoms with Crippen LogP contribution in [0.25, 0.3) is 0 Å². The Hall–Kier alpha value is -2.00. The summed E-state index contributed by atoms with van der Waals surface area (Å²) in [6.07, 6.45) is 1.55. The van der Waals surface area contributed by atoms with E-state index in [9.17, 15) is 9.59 Å². The fourth-order valence-corrected chi connectivity index (χ4v) is 6.20. The van der Waals surface area contributed by atoms with E-state index >= 15 is 0 Å². The van der Waals surface area contributed by atoms with E-state index in [0.717, 1.165) is 35.3 Å². The Morgan fingerprint density at radius 2 is 1.07 bits per heavy atom. The van der Waals surface area contributed by atoms with Crippen LogP contribution in [-0.2, 0) is 22.4 Å². The van der Waals surface area contributed by atoms with Crippen molar-refractivity contribution in [2.24, 2.45) is 0 Å². The Morgan fingerprint density at radius 3 is 1.43 bits per heavy atom. The minimum Gasteiger partial charge on any atom is -0.268 e. The van der Waals surface area contributed by atoms with Crippen molar-refractivity contribution in [3.05, 3.63) is 69.5 Å². The molecule has 0 saturated carbocycles. The molecule has 30 heavy (non-hydrogen) atoms. The number of anilines is 2. The van der Waals surface area contributed by atoms with Gasteiger partial charge >= 0.3 is 0 Å². The Bertz CT molecular complexity index is 1040. The number of hydrogen-bond acceptors (Lipinski definition) is 6. The lowest BCUT2D eigenvalue weighted by Crippen LogP contribution is -2.30. The summed E-state index contributed by atoms with van der Waals surface area (Å²) in [5.74, 6) is -0.537. The summed E-state index contributed by atoms with van der Waals surface area (Å²) in [6.45, 7) is 4.07. The van der Waals surface area contributed by atoms with Crippen LogP contribution in [0.4, 0.5) is 11.4 Å². The first-order valence-electron chi connectivity index (χ1n) is 9.50. The fraction of sp³-hybridized carbons (Fsp3) is 0.182. The first-order chi connectivity index (χ1) is 14.5. The highest BCUT2D eigenvalue weighted by atomic mass is 32.2. The number of nitrogens with zero attached hydrogens (tertiary/aromatic N) is 2. The average Bonchev–Trinajstić information content (AvgIpc) is 3.21. The second-order valence-corrected chi connectivity index (χ2v) is 9.93. The molecule has 2 aromatic rings. The number of carbonyl (C=O) groups is 2. The molecule has 2 aliphatic rings. The van der Waals surface area contributed by atoms with Crippen LogP contribution in [0.15, 0.2) is 58.3 Å². The van der Waals surface area contributed by atoms with Crippen LogP contribution in [0.3, 0.4) is 0 Å². The monoisotopic (exact) mass is 470 g/mol. The van der Waals surface area contributed by atoms with Gasteiger partial charge in [-0.3, -0.25) is 19.4 Å². The molecule has 0 atom stereocenters. The molecule has 0 radical (unpaired) electrons. The van der Waals surface area contributed by atoms with Gasteiger partial charge < -0.3 is 0 Å². The Balaban J connectivity index is 1.74. The molecule has 2 aliphatic heterocycles. The molecule has 4 rings (SSSR count). The molecule has 2 fully saturated rings. The normalized spacial score (nSPS) is 19.4. The number of thiocarbonyl (C=S) groups is 2. The third-order valence-corrected chi connectivity index (χ3v) is 7.85. The van der Waals surface area contributed by atoms with Crippen molar-refractivity contribution in [1.82, 2.24) is 0 Å². The van der Waals surface area contributed by atoms with Crippen molar-refractivity contribution in [1.29, 1.82) is 0 Å². The molecule has 0 unspecified atom stereocenters. The van der Waals surface area contributed by atoms with Crippen LogP contribution < -0.4 is 9.80 Å². The number of carbonyl (C=O) groups excluding carboxylic acids is 2. The predicted octanol–water partition coefficient (Wildman–Crippen LogP) is 5.45. The van der Waals surface area contributed by atoms with Gasteiger partial charge in [0.2, 0.25) is 0 Å². The first-order valence-corrected chi connectivity index (χ1v) is 12.0. The maximum absolute atomic E-state index is 13.3. The third-order valence-electron chi connectivity index (χ3n) is 4.97. The van der Waals surface area contributed by atoms with Gasteiger partial charge in [-0.05, 0) is 36.1 Å². The number of amides is 2. The van der Waals surface area contributed by atoms with Crippen LogP contribution in [-0.4, -0.2) is 20.5 Å². The van der Waals surface area contributed by atoms with E-state index < -0.39 is 0 Å². The number of rotatable bonds is 4. The van der Waals surface area contributed by atoms with Crippen LogP contribution >= 0.6 is 48.0 Å². The molecule has 4 nitrogen and oxygen atoms in total. The zero-order valence-electron chi connectivity index (χ0n) is 16.4. The van der Waals surface area contributed by atoms with Crippen molar-refractivity contribution in [3.63, 3.8) is 0 Å². The summed E-state index contributed by atoms with van der Waals surface area (Å²) in [7, 11) is 0. The van der Waals surface area contributed by atoms with Gasteiger partial charge in [0.25, 0.3) is 11.8 Å². The molecular formula is C22H18N2O2S4. The van der Waals surface area contributed by atoms with Crippen molar-refractivity contribution >= 4 is 79.8 Å². The zero-order valence-corrected chi connectivity index (χ0v) is 19.6. The lowest BCUT2D eigenvalue weighted by Gasteiger charge is -2.18. The number of aryl methyl sites for hydroxylation is 2. The van der Waals surface area contributed by atoms with E-state index in [1.807, 2.05) is 62.4 Å². The Kier molecular flexibility index (Phi) is 6.11. The minimum atomic E-state index is -0.268. The van der Waals surface area contributed by atoms with Crippen molar-refractivity contribution in [2.45, 2.75) is 26.7 Å². The van der Waals surface area contributed by atoms with E-state index in [1.165, 1.54) is 33.3 Å². The number of para-hydroxylation sites is 2. The van der Waals surface area contributed by atoms with Gasteiger partial charge in [0.15, 0.2) is 8.64 Å². The molecule has 2 amide bonds. The number of thioether (sulfide) groups is 2. The van der Waals surface area contributed by atoms with Gasteiger partial charge in [-0.1, -0.05) is 98.2 Å². The molecule has 0 aliphatic carbocycles. The van der Waals surface area contributed by atoms with Gasteiger partial charge in [-0.25, -0.2) is 0 Å². The second-order valence-electron chi connectivity index (χ2n) is 6.64. The van der Waals surface area contributed by atoms with Gasteiger partial charge in [-0.15, -0.1) is 0 Å². The highest BCUT2D eigenvalue weighted by molar-refractivity contribution is 8.30. The van der Waals surface area contributed by atoms with Gasteiger partial charge in [0, 0.05) is 0 Å². The van der Waals surface area contributed by atoms with Crippen molar-refractivity contribution in [3.8, 4) is 0 Å². The Morgan fingerprint density at radius 1 is 0.700 bits per heavy atom. The maximum atomic E-state index is 13.3. The molecule has 0 N–H and O–H groups in total. The van der Waals surface area contributed by atoms with Crippen LogP contribution in [0.2, 0.25) is 0 Å². The topological polar surface area (TPSA) is 40.6 Å². The van der Waals surface area contributed by atoms with Gasteiger partial charge in [0.05, 0.1) is 21.2 Å². The maximum Gasteiger partial charge on any atom is 0.272 e.